The van der Waals surface area contributed by atoms with Crippen molar-refractivity contribution in [1.29, 1.82) is 0 Å². The molecule has 15 nitrogen and oxygen atoms in total. The summed E-state index contributed by atoms with van der Waals surface area (Å²) in [7, 11) is 3.35. The molecule has 7 heterocycles. The van der Waals surface area contributed by atoms with Crippen LogP contribution in [-0.4, -0.2) is 81.8 Å². The van der Waals surface area contributed by atoms with Crippen LogP contribution in [0.3, 0.4) is 0 Å². The summed E-state index contributed by atoms with van der Waals surface area (Å²) in [5.74, 6) is -1.33. The molecular formula is C41H47I4N10O5S2V. The number of imidazole rings is 2. The van der Waals surface area contributed by atoms with E-state index in [4.69, 9.17) is 0 Å². The molecule has 0 radical (unpaired) electrons. The van der Waals surface area contributed by atoms with Crippen LogP contribution in [0.25, 0.3) is 32.4 Å². The van der Waals surface area contributed by atoms with Crippen LogP contribution in [0.15, 0.2) is 67.5 Å². The molecule has 0 bridgehead atoms. The number of pyridine rings is 2. The molecule has 0 saturated heterocycles. The number of aryl methyl sites for hydroxylation is 2. The van der Waals surface area contributed by atoms with Crippen LogP contribution < -0.4 is 15.1 Å². The Morgan fingerprint density at radius 2 is 1.17 bits per heavy atom. The number of fused-ring (bicyclic) bond motifs is 2. The minimum atomic E-state index is -1.05. The maximum atomic E-state index is 13.1. The second-order valence-corrected chi connectivity index (χ2v) is 52.3. The van der Waals surface area contributed by atoms with Gasteiger partial charge in [-0.25, -0.2) is 19.7 Å². The van der Waals surface area contributed by atoms with Gasteiger partial charge in [-0.2, -0.15) is 5.10 Å². The number of carbonyl (C=O) groups is 4. The van der Waals surface area contributed by atoms with Crippen LogP contribution in [0.1, 0.15) is 77.0 Å². The molecule has 7 rings (SSSR count). The van der Waals surface area contributed by atoms with Crippen LogP contribution in [0.2, 0.25) is 0 Å². The van der Waals surface area contributed by atoms with E-state index in [1.807, 2.05) is 82.1 Å². The van der Waals surface area contributed by atoms with Crippen LogP contribution in [0.4, 0.5) is 11.4 Å². The minimum absolute atomic E-state index is 0.0593. The summed E-state index contributed by atoms with van der Waals surface area (Å²) in [6.45, 7) is 13.2. The SMILES string of the molecule is CI.Cc1ccc(-c2cnc3c(N(C)C(=O)C(C)C)cc(C(=O)N[C@@H](C)c4ncn[nH]4)cn23)s1.Cc1ccc(-c2cnc3c(N(C)C(=O)C(C)C)cc(C(=O)O)cn23)s1.[I][V]([I])[I]. The number of aromatic amines is 1. The quantitative estimate of drug-likeness (QED) is 0.0886. The number of H-pyrrole nitrogens is 1. The number of halogens is 4. The van der Waals surface area contributed by atoms with Gasteiger partial charge in [0.05, 0.1) is 62.1 Å². The molecule has 63 heavy (non-hydrogen) atoms. The molecule has 0 aliphatic heterocycles. The molecule has 0 saturated carbocycles. The molecule has 7 aromatic heterocycles. The summed E-state index contributed by atoms with van der Waals surface area (Å²) in [4.78, 5) is 72.1. The average Bonchev–Trinajstić information content (AvgIpc) is 4.10. The van der Waals surface area contributed by atoms with Crippen molar-refractivity contribution in [2.75, 3.05) is 28.8 Å². The number of nitrogens with one attached hydrogen (secondary N) is 2. The number of aromatic nitrogens is 7. The topological polar surface area (TPSA) is 183 Å². The van der Waals surface area contributed by atoms with E-state index in [2.05, 4.69) is 113 Å². The van der Waals surface area contributed by atoms with E-state index in [1.54, 1.807) is 76.9 Å². The normalized spacial score (nSPS) is 11.4. The predicted octanol–water partition coefficient (Wildman–Crippen LogP) is 11.0. The zero-order chi connectivity index (χ0) is 46.9. The fourth-order valence-electron chi connectivity index (χ4n) is 6.17. The molecule has 0 unspecified atom stereocenters. The molecule has 0 aliphatic carbocycles. The third kappa shape index (κ3) is 13.5. The molecule has 0 aromatic carbocycles. The molecular weight excluding hydrogens is 1340 g/mol. The van der Waals surface area contributed by atoms with E-state index in [0.717, 1.165) is 26.0 Å². The zero-order valence-electron chi connectivity index (χ0n) is 36.0. The van der Waals surface area contributed by atoms with Gasteiger partial charge >= 0.3 is 70.8 Å². The molecule has 1 atom stereocenters. The Hall–Kier alpha value is -2.70. The second-order valence-electron chi connectivity index (χ2n) is 14.4. The van der Waals surface area contributed by atoms with Crippen molar-refractivity contribution in [2.45, 2.75) is 54.5 Å². The van der Waals surface area contributed by atoms with E-state index in [0.29, 0.717) is 34.1 Å². The molecule has 22 heteroatoms. The van der Waals surface area contributed by atoms with Gasteiger partial charge in [0.25, 0.3) is 5.91 Å². The van der Waals surface area contributed by atoms with Gasteiger partial charge in [0.2, 0.25) is 11.8 Å². The van der Waals surface area contributed by atoms with Crippen molar-refractivity contribution in [3.8, 4) is 21.1 Å². The fourth-order valence-corrected chi connectivity index (χ4v) is 7.92. The van der Waals surface area contributed by atoms with E-state index >= 15 is 0 Å². The van der Waals surface area contributed by atoms with Crippen molar-refractivity contribution in [1.82, 2.24) is 39.3 Å². The Morgan fingerprint density at radius 1 is 0.746 bits per heavy atom. The standard InChI is InChI=1S/C22H25N7O2S.C18H19N3O3S.CH3I.3HI.V/c1-12(2)22(31)28(5)16-8-15(21(30)26-14(4)19-24-11-25-27-19)10-29-17(9-23-20(16)29)18-7-6-13(3)32-18;1-10(2)17(22)20(4)13-7-12(18(23)24)9-21-14(8-19-16(13)21)15-6-5-11(3)25-15;1-2;;;;/h6-12,14H,1-5H3,(H,26,30)(H,24,25,27);5-10H,1-4H3,(H,23,24);1H3;3*1H;/q;;;;;;+3/p-3/t14-;;;;;;/m0....../s1. The van der Waals surface area contributed by atoms with E-state index < -0.39 is 5.97 Å². The Bertz CT molecular complexity index is 2680. The number of carbonyl (C=O) groups excluding carboxylic acids is 3. The summed E-state index contributed by atoms with van der Waals surface area (Å²) < 4.78 is 3.62. The van der Waals surface area contributed by atoms with Crippen molar-refractivity contribution in [2.24, 2.45) is 11.8 Å². The number of anilines is 2. The van der Waals surface area contributed by atoms with Crippen molar-refractivity contribution in [3.05, 3.63) is 94.2 Å². The molecule has 0 aliphatic rings. The number of carboxylic acids is 1. The summed E-state index contributed by atoms with van der Waals surface area (Å²) in [5, 5.41) is 19.0. The fraction of sp³-hybridized carbons (Fsp3) is 0.317. The number of nitrogens with zero attached hydrogens (tertiary/aromatic N) is 8. The van der Waals surface area contributed by atoms with Gasteiger partial charge in [-0.1, -0.05) is 50.3 Å². The van der Waals surface area contributed by atoms with E-state index in [-0.39, 0.29) is 46.1 Å². The number of aromatic carboxylic acids is 1. The van der Waals surface area contributed by atoms with Gasteiger partial charge in [0, 0.05) is 48.1 Å². The first-order valence-electron chi connectivity index (χ1n) is 19.0. The predicted molar refractivity (Wildman–Crippen MR) is 284 cm³/mol. The van der Waals surface area contributed by atoms with Crippen LogP contribution in [-0.2, 0) is 14.5 Å². The van der Waals surface area contributed by atoms with Gasteiger partial charge < -0.3 is 20.2 Å². The van der Waals surface area contributed by atoms with Gasteiger partial charge in [-0.15, -0.1) is 22.7 Å². The third-order valence-electron chi connectivity index (χ3n) is 9.23. The number of rotatable bonds is 10. The summed E-state index contributed by atoms with van der Waals surface area (Å²) in [5.41, 5.74) is 4.42. The van der Waals surface area contributed by atoms with Crippen molar-refractivity contribution in [3.63, 3.8) is 0 Å². The molecule has 3 amide bonds. The number of thiophene rings is 2. The molecule has 0 fully saturated rings. The van der Waals surface area contributed by atoms with Gasteiger partial charge in [0.1, 0.15) is 12.2 Å². The Labute approximate surface area is 425 Å². The monoisotopic (exact) mass is 1380 g/mol. The first kappa shape index (κ1) is 52.9. The summed E-state index contributed by atoms with van der Waals surface area (Å²) in [6.07, 6.45) is 8.19. The Kier molecular flexibility index (Phi) is 20.3. The van der Waals surface area contributed by atoms with E-state index in [9.17, 15) is 24.3 Å². The first-order valence-corrected chi connectivity index (χ1v) is 36.3. The van der Waals surface area contributed by atoms with Crippen molar-refractivity contribution < 1.29 is 29.2 Å². The van der Waals surface area contributed by atoms with Crippen molar-refractivity contribution >= 4 is 152 Å². The third-order valence-corrected chi connectivity index (χ3v) is 11.3. The van der Waals surface area contributed by atoms with Crippen LogP contribution >= 0.6 is 105 Å². The zero-order valence-corrected chi connectivity index (χ0v) is 47.7. The van der Waals surface area contributed by atoms with Gasteiger partial charge in [0.15, 0.2) is 11.3 Å². The number of hydrogen-bond acceptors (Lipinski definition) is 10. The average molecular weight is 1380 g/mol. The maximum absolute atomic E-state index is 13.1. The van der Waals surface area contributed by atoms with Gasteiger partial charge in [-0.3, -0.25) is 28.3 Å². The number of alkyl halides is 1. The number of amides is 3. The van der Waals surface area contributed by atoms with E-state index in [1.165, 1.54) is 22.2 Å². The molecule has 0 spiro atoms. The van der Waals surface area contributed by atoms with Crippen LogP contribution in [0, 0.1) is 25.7 Å². The van der Waals surface area contributed by atoms with Gasteiger partial charge in [-0.05, 0) is 62.1 Å². The Balaban J connectivity index is 0.000000252. The molecule has 3 N–H and O–H groups in total. The number of carboxylic acid groups (broad SMARTS) is 1. The first-order chi connectivity index (χ1) is 29.8. The second kappa shape index (κ2) is 24.2. The molecule has 7 aromatic rings. The number of hydrogen-bond donors (Lipinski definition) is 3. The summed E-state index contributed by atoms with van der Waals surface area (Å²) in [6, 6.07) is 10.9. The Morgan fingerprint density at radius 3 is 1.54 bits per heavy atom. The summed E-state index contributed by atoms with van der Waals surface area (Å²) >= 11 is 12.8. The van der Waals surface area contributed by atoms with Crippen LogP contribution in [0.5, 0.6) is 0 Å². The molecule has 336 valence electrons.